The van der Waals surface area contributed by atoms with Gasteiger partial charge < -0.3 is 14.9 Å². The summed E-state index contributed by atoms with van der Waals surface area (Å²) in [4.78, 5) is 1.07. The summed E-state index contributed by atoms with van der Waals surface area (Å²) < 4.78 is 11.6. The first-order valence-corrected chi connectivity index (χ1v) is 9.16. The highest BCUT2D eigenvalue weighted by atomic mass is 32.2. The van der Waals surface area contributed by atoms with Crippen LogP contribution in [0.3, 0.4) is 0 Å². The lowest BCUT2D eigenvalue weighted by molar-refractivity contribution is -0.212. The Morgan fingerprint density at radius 1 is 1.27 bits per heavy atom. The number of nitrogens with two attached hydrogens (primary N) is 1. The van der Waals surface area contributed by atoms with E-state index in [-0.39, 0.29) is 11.3 Å². The molecule has 3 nitrogen and oxygen atoms in total. The number of para-hydroxylation sites is 1. The molecule has 2 unspecified atom stereocenters. The van der Waals surface area contributed by atoms with Gasteiger partial charge in [0, 0.05) is 16.4 Å². The summed E-state index contributed by atoms with van der Waals surface area (Å²) in [5.74, 6) is -0.471. The highest BCUT2D eigenvalue weighted by molar-refractivity contribution is 7.98. The molecule has 2 N–H and O–H groups in total. The van der Waals surface area contributed by atoms with E-state index in [0.29, 0.717) is 6.61 Å². The molecule has 0 spiro atoms. The molecule has 0 aliphatic carbocycles. The van der Waals surface area contributed by atoms with Gasteiger partial charge in [0.25, 0.3) is 0 Å². The molecule has 0 saturated heterocycles. The molecule has 1 aromatic carbocycles. The molecule has 1 aromatic rings. The van der Waals surface area contributed by atoms with Crippen molar-refractivity contribution in [2.24, 2.45) is 11.3 Å². The van der Waals surface area contributed by atoms with Gasteiger partial charge in [-0.05, 0) is 31.1 Å². The first-order chi connectivity index (χ1) is 10.1. The Morgan fingerprint density at radius 2 is 1.91 bits per heavy atom. The third-order valence-electron chi connectivity index (χ3n) is 3.91. The van der Waals surface area contributed by atoms with E-state index in [1.54, 1.807) is 11.8 Å². The summed E-state index contributed by atoms with van der Waals surface area (Å²) in [7, 11) is 3.19. The number of hydrogen-bond acceptors (Lipinski definition) is 4. The van der Waals surface area contributed by atoms with Crippen molar-refractivity contribution in [1.82, 2.24) is 0 Å². The van der Waals surface area contributed by atoms with Crippen LogP contribution in [0.2, 0.25) is 0 Å². The van der Waals surface area contributed by atoms with Gasteiger partial charge in [-0.1, -0.05) is 39.8 Å². The summed E-state index contributed by atoms with van der Waals surface area (Å²) >= 11 is 1.64. The van der Waals surface area contributed by atoms with Gasteiger partial charge in [-0.15, -0.1) is 11.8 Å². The molecule has 2 atom stereocenters. The van der Waals surface area contributed by atoms with Crippen LogP contribution in [0.25, 0.3) is 0 Å². The van der Waals surface area contributed by atoms with Crippen molar-refractivity contribution in [1.29, 1.82) is 0 Å². The molecule has 0 aromatic heterocycles. The zero-order chi connectivity index (χ0) is 17.0. The molecule has 123 valence electrons. The maximum atomic E-state index is 6.19. The molecule has 0 amide bonds. The number of rotatable bonds is 7. The fraction of sp³-hybridized carbons (Fsp3) is 0.647. The Bertz CT molecular complexity index is 490. The normalized spacial score (nSPS) is 16.3. The fourth-order valence-electron chi connectivity index (χ4n) is 2.49. The molecule has 22 heavy (non-hydrogen) atoms. The van der Waals surface area contributed by atoms with Crippen molar-refractivity contribution in [3.05, 3.63) is 23.8 Å². The summed E-state index contributed by atoms with van der Waals surface area (Å²) in [6.45, 7) is 11.2. The van der Waals surface area contributed by atoms with Crippen LogP contribution in [-0.4, -0.2) is 22.5 Å². The molecule has 5 heteroatoms. The summed E-state index contributed by atoms with van der Waals surface area (Å²) in [5.41, 5.74) is 8.18. The fourth-order valence-corrected chi connectivity index (χ4v) is 3.32. The van der Waals surface area contributed by atoms with E-state index in [0.717, 1.165) is 22.6 Å². The summed E-state index contributed by atoms with van der Waals surface area (Å²) in [6, 6.07) is 6.02. The predicted molar refractivity (Wildman–Crippen MR) is 95.9 cm³/mol. The number of ether oxygens (including phenoxy) is 1. The van der Waals surface area contributed by atoms with Gasteiger partial charge in [-0.2, -0.15) is 0 Å². The quantitative estimate of drug-likeness (QED) is 0.346. The van der Waals surface area contributed by atoms with Gasteiger partial charge in [0.15, 0.2) is 5.79 Å². The Balaban J connectivity index is 2.82. The Hall–Kier alpha value is -0.493. The van der Waals surface area contributed by atoms with Gasteiger partial charge in [-0.3, -0.25) is 0 Å². The SMILES string of the molecule is CSc1cccc(COC(C)(O[Si])C(C)CC(C)(C)C)c1N. The second-order valence-electron chi connectivity index (χ2n) is 7.11. The number of nitrogen functional groups attached to an aromatic ring is 1. The van der Waals surface area contributed by atoms with Gasteiger partial charge in [0.1, 0.15) is 0 Å². The zero-order valence-corrected chi connectivity index (χ0v) is 16.3. The van der Waals surface area contributed by atoms with Crippen molar-refractivity contribution in [2.75, 3.05) is 12.0 Å². The van der Waals surface area contributed by atoms with Crippen molar-refractivity contribution in [3.8, 4) is 0 Å². The van der Waals surface area contributed by atoms with E-state index in [9.17, 15) is 0 Å². The van der Waals surface area contributed by atoms with E-state index < -0.39 is 5.79 Å². The molecule has 0 aliphatic rings. The van der Waals surface area contributed by atoms with E-state index >= 15 is 0 Å². The molecule has 3 radical (unpaired) electrons. The van der Waals surface area contributed by atoms with Gasteiger partial charge in [0.05, 0.1) is 12.3 Å². The molecular weight excluding hydrogens is 310 g/mol. The van der Waals surface area contributed by atoms with Crippen LogP contribution in [0.5, 0.6) is 0 Å². The number of benzene rings is 1. The van der Waals surface area contributed by atoms with Crippen LogP contribution >= 0.6 is 11.8 Å². The Kier molecular flexibility index (Phi) is 6.99. The van der Waals surface area contributed by atoms with Crippen molar-refractivity contribution >= 4 is 27.9 Å². The molecule has 0 heterocycles. The van der Waals surface area contributed by atoms with E-state index in [1.165, 1.54) is 0 Å². The van der Waals surface area contributed by atoms with Crippen molar-refractivity contribution < 1.29 is 9.16 Å². The van der Waals surface area contributed by atoms with E-state index in [4.69, 9.17) is 14.9 Å². The monoisotopic (exact) mass is 338 g/mol. The summed E-state index contributed by atoms with van der Waals surface area (Å²) in [5, 5.41) is 0. The van der Waals surface area contributed by atoms with E-state index in [2.05, 4.69) is 38.2 Å². The van der Waals surface area contributed by atoms with Crippen LogP contribution in [0.15, 0.2) is 23.1 Å². The molecule has 0 fully saturated rings. The molecule has 1 rings (SSSR count). The van der Waals surface area contributed by atoms with Crippen molar-refractivity contribution in [3.63, 3.8) is 0 Å². The van der Waals surface area contributed by atoms with Gasteiger partial charge in [-0.25, -0.2) is 0 Å². The van der Waals surface area contributed by atoms with Gasteiger partial charge in [0.2, 0.25) is 10.5 Å². The largest absolute Gasteiger partial charge is 0.398 e. The maximum absolute atomic E-state index is 6.19. The third kappa shape index (κ3) is 5.30. The first-order valence-electron chi connectivity index (χ1n) is 7.53. The minimum Gasteiger partial charge on any atom is -0.398 e. The number of thioether (sulfide) groups is 1. The molecular formula is C17H28NO2SSi. The molecule has 0 saturated carbocycles. The maximum Gasteiger partial charge on any atom is 0.250 e. The van der Waals surface area contributed by atoms with Crippen molar-refractivity contribution in [2.45, 2.75) is 58.3 Å². The molecule has 0 bridgehead atoms. The lowest BCUT2D eigenvalue weighted by Gasteiger charge is -2.38. The highest BCUT2D eigenvalue weighted by Gasteiger charge is 2.34. The Labute approximate surface area is 142 Å². The van der Waals surface area contributed by atoms with Crippen LogP contribution in [0.1, 0.15) is 46.6 Å². The summed E-state index contributed by atoms with van der Waals surface area (Å²) in [6.07, 6.45) is 3.02. The minimum atomic E-state index is -0.702. The lowest BCUT2D eigenvalue weighted by Crippen LogP contribution is -2.40. The first kappa shape index (κ1) is 19.6. The highest BCUT2D eigenvalue weighted by Crippen LogP contribution is 2.35. The average Bonchev–Trinajstić information content (AvgIpc) is 2.44. The third-order valence-corrected chi connectivity index (χ3v) is 5.11. The lowest BCUT2D eigenvalue weighted by atomic mass is 9.82. The predicted octanol–water partition coefficient (Wildman–Crippen LogP) is 4.40. The van der Waals surface area contributed by atoms with Gasteiger partial charge >= 0.3 is 0 Å². The molecule has 0 aliphatic heterocycles. The topological polar surface area (TPSA) is 44.5 Å². The van der Waals surface area contributed by atoms with Crippen LogP contribution in [-0.2, 0) is 15.8 Å². The van der Waals surface area contributed by atoms with Crippen LogP contribution in [0, 0.1) is 11.3 Å². The number of hydrogen-bond donors (Lipinski definition) is 1. The second-order valence-corrected chi connectivity index (χ2v) is 8.16. The smallest absolute Gasteiger partial charge is 0.250 e. The van der Waals surface area contributed by atoms with Crippen LogP contribution < -0.4 is 5.73 Å². The van der Waals surface area contributed by atoms with Crippen LogP contribution in [0.4, 0.5) is 5.69 Å². The average molecular weight is 339 g/mol. The zero-order valence-electron chi connectivity index (χ0n) is 14.5. The Morgan fingerprint density at radius 3 is 2.41 bits per heavy atom. The second kappa shape index (κ2) is 7.86. The standard InChI is InChI=1S/C17H28NO2SSi/c1-12(10-16(2,3)4)17(5,20-22)19-11-13-8-7-9-14(21-6)15(13)18/h7-9,12H,10-11,18H2,1-6H3. The van der Waals surface area contributed by atoms with E-state index in [1.807, 2.05) is 31.4 Å². The minimum absolute atomic E-state index is 0.215. The number of anilines is 1.